The molecule has 21 heavy (non-hydrogen) atoms. The number of alkyl halides is 12. The lowest BCUT2D eigenvalue weighted by molar-refractivity contribution is -0.447. The first-order valence-electron chi connectivity index (χ1n) is 3.92. The third-order valence-corrected chi connectivity index (χ3v) is 1.47. The number of rotatable bonds is 0. The van der Waals surface area contributed by atoms with Gasteiger partial charge in [-0.2, -0.15) is 52.7 Å². The van der Waals surface area contributed by atoms with Crippen LogP contribution in [0.5, 0.6) is 0 Å². The summed E-state index contributed by atoms with van der Waals surface area (Å²) in [5.74, 6) is -2.76. The number of carbonyl (C=O) groups is 1. The molecule has 0 aromatic heterocycles. The largest absolute Gasteiger partial charge is 0.490 e. The van der Waals surface area contributed by atoms with Crippen LogP contribution in [0.2, 0.25) is 0 Å². The molecule has 0 aromatic rings. The van der Waals surface area contributed by atoms with Crippen LogP contribution in [0, 0.1) is 0 Å². The lowest BCUT2D eigenvalue weighted by Crippen LogP contribution is -2.66. The quantitative estimate of drug-likeness (QED) is 0.661. The van der Waals surface area contributed by atoms with E-state index >= 15 is 0 Å². The molecule has 0 aliphatic carbocycles. The standard InChI is InChI=1S/C4HF9O.C2HF3O2/c5-2(6,7)1(14,3(8,9)10)4(11,12)13;3-2(4,5)1(6)7/h14H;(H,6,7). The van der Waals surface area contributed by atoms with Gasteiger partial charge in [-0.3, -0.25) is 0 Å². The predicted octanol–water partition coefficient (Wildman–Crippen LogP) is 3.04. The Morgan fingerprint density at radius 3 is 0.762 bits per heavy atom. The molecule has 15 heteroatoms. The molecular weight excluding hydrogens is 348 g/mol. The predicted molar refractivity (Wildman–Crippen MR) is 36.8 cm³/mol. The zero-order valence-corrected chi connectivity index (χ0v) is 8.84. The molecule has 0 spiro atoms. The Morgan fingerprint density at radius 1 is 0.619 bits per heavy atom. The highest BCUT2D eigenvalue weighted by atomic mass is 19.4. The fourth-order valence-corrected chi connectivity index (χ4v) is 0.482. The molecule has 0 aliphatic rings. The summed E-state index contributed by atoms with van der Waals surface area (Å²) < 4.78 is 134. The summed E-state index contributed by atoms with van der Waals surface area (Å²) in [6.07, 6.45) is -25.7. The van der Waals surface area contributed by atoms with Crippen LogP contribution in [0.1, 0.15) is 0 Å². The zero-order chi connectivity index (χ0) is 18.1. The molecule has 2 N–H and O–H groups in total. The lowest BCUT2D eigenvalue weighted by atomic mass is 10.0. The van der Waals surface area contributed by atoms with E-state index in [1.54, 1.807) is 0 Å². The number of carboxylic acids is 1. The Balaban J connectivity index is 0. The van der Waals surface area contributed by atoms with Gasteiger partial charge in [0.05, 0.1) is 0 Å². The minimum Gasteiger partial charge on any atom is -0.475 e. The van der Waals surface area contributed by atoms with Crippen molar-refractivity contribution >= 4 is 5.97 Å². The average molecular weight is 350 g/mol. The van der Waals surface area contributed by atoms with Gasteiger partial charge in [-0.25, -0.2) is 4.79 Å². The minimum absolute atomic E-state index is 2.76. The topological polar surface area (TPSA) is 57.5 Å². The summed E-state index contributed by atoms with van der Waals surface area (Å²) in [7, 11) is 0. The molecule has 128 valence electrons. The van der Waals surface area contributed by atoms with Crippen molar-refractivity contribution in [2.75, 3.05) is 0 Å². The Bertz CT molecular complexity index is 321. The van der Waals surface area contributed by atoms with E-state index in [2.05, 4.69) is 0 Å². The van der Waals surface area contributed by atoms with Gasteiger partial charge in [-0.05, 0) is 0 Å². The van der Waals surface area contributed by atoms with E-state index in [0.29, 0.717) is 0 Å². The van der Waals surface area contributed by atoms with Crippen molar-refractivity contribution in [3.05, 3.63) is 0 Å². The number of aliphatic hydroxyl groups is 1. The second-order valence-corrected chi connectivity index (χ2v) is 3.01. The third kappa shape index (κ3) is 5.13. The Hall–Kier alpha value is -1.41. The van der Waals surface area contributed by atoms with E-state index in [1.807, 2.05) is 0 Å². The highest BCUT2D eigenvalue weighted by Crippen LogP contribution is 2.52. The molecule has 0 rings (SSSR count). The maximum atomic E-state index is 11.4. The highest BCUT2D eigenvalue weighted by molar-refractivity contribution is 5.73. The van der Waals surface area contributed by atoms with Gasteiger partial charge in [-0.15, -0.1) is 0 Å². The number of hydrogen-bond acceptors (Lipinski definition) is 2. The first kappa shape index (κ1) is 21.9. The molecule has 0 bridgehead atoms. The summed E-state index contributed by atoms with van der Waals surface area (Å²) in [6, 6.07) is 0. The van der Waals surface area contributed by atoms with Crippen molar-refractivity contribution in [2.24, 2.45) is 0 Å². The number of aliphatic carboxylic acids is 1. The molecule has 0 aliphatic heterocycles. The number of halogens is 12. The Morgan fingerprint density at radius 2 is 0.762 bits per heavy atom. The van der Waals surface area contributed by atoms with Crippen molar-refractivity contribution in [1.29, 1.82) is 0 Å². The molecule has 0 fully saturated rings. The lowest BCUT2D eigenvalue weighted by Gasteiger charge is -2.33. The molecule has 0 amide bonds. The molecule has 0 radical (unpaired) electrons. The summed E-state index contributed by atoms with van der Waals surface area (Å²) >= 11 is 0. The van der Waals surface area contributed by atoms with Crippen LogP contribution in [-0.4, -0.2) is 46.5 Å². The maximum absolute atomic E-state index is 11.4. The van der Waals surface area contributed by atoms with Crippen LogP contribution in [0.3, 0.4) is 0 Å². The van der Waals surface area contributed by atoms with Gasteiger partial charge in [0.2, 0.25) is 0 Å². The summed E-state index contributed by atoms with van der Waals surface area (Å²) in [4.78, 5) is 8.90. The smallest absolute Gasteiger partial charge is 0.475 e. The van der Waals surface area contributed by atoms with E-state index in [0.717, 1.165) is 0 Å². The van der Waals surface area contributed by atoms with Gasteiger partial charge < -0.3 is 10.2 Å². The molecule has 0 aromatic carbocycles. The second kappa shape index (κ2) is 5.76. The molecule has 0 heterocycles. The normalized spacial score (nSPS) is 14.3. The third-order valence-electron chi connectivity index (χ3n) is 1.47. The van der Waals surface area contributed by atoms with Crippen LogP contribution < -0.4 is 0 Å². The molecule has 3 nitrogen and oxygen atoms in total. The van der Waals surface area contributed by atoms with Crippen LogP contribution in [0.15, 0.2) is 0 Å². The summed E-state index contributed by atoms with van der Waals surface area (Å²) in [5, 5.41) is 14.8. The van der Waals surface area contributed by atoms with Crippen molar-refractivity contribution in [3.8, 4) is 0 Å². The van der Waals surface area contributed by atoms with E-state index in [-0.39, 0.29) is 0 Å². The van der Waals surface area contributed by atoms with Gasteiger partial charge >= 0.3 is 36.3 Å². The van der Waals surface area contributed by atoms with Gasteiger partial charge in [-0.1, -0.05) is 0 Å². The van der Waals surface area contributed by atoms with Gasteiger partial charge in [0, 0.05) is 0 Å². The first-order chi connectivity index (χ1) is 8.69. The SMILES string of the molecule is O=C(O)C(F)(F)F.OC(C(F)(F)F)(C(F)(F)F)C(F)(F)F. The van der Waals surface area contributed by atoms with E-state index < -0.39 is 36.3 Å². The van der Waals surface area contributed by atoms with E-state index in [1.165, 1.54) is 0 Å². The van der Waals surface area contributed by atoms with Crippen LogP contribution in [0.4, 0.5) is 52.7 Å². The zero-order valence-electron chi connectivity index (χ0n) is 8.84. The monoisotopic (exact) mass is 350 g/mol. The number of carboxylic acid groups (broad SMARTS) is 1. The fraction of sp³-hybridized carbons (Fsp3) is 0.833. The summed E-state index contributed by atoms with van der Waals surface area (Å²) in [5.41, 5.74) is -6.69. The van der Waals surface area contributed by atoms with Crippen molar-refractivity contribution in [2.45, 2.75) is 30.3 Å². The Labute approximate surface area is 105 Å². The molecular formula is C6H2F12O3. The average Bonchev–Trinajstić information content (AvgIpc) is 2.10. The van der Waals surface area contributed by atoms with Crippen LogP contribution in [-0.2, 0) is 4.79 Å². The molecule has 0 unspecified atom stereocenters. The summed E-state index contributed by atoms with van der Waals surface area (Å²) in [6.45, 7) is 0. The van der Waals surface area contributed by atoms with Crippen LogP contribution >= 0.6 is 0 Å². The maximum Gasteiger partial charge on any atom is 0.490 e. The molecule has 0 saturated heterocycles. The van der Waals surface area contributed by atoms with E-state index in [9.17, 15) is 52.7 Å². The van der Waals surface area contributed by atoms with Crippen LogP contribution in [0.25, 0.3) is 0 Å². The van der Waals surface area contributed by atoms with Crippen molar-refractivity contribution < 1.29 is 67.7 Å². The fourth-order valence-electron chi connectivity index (χ4n) is 0.482. The van der Waals surface area contributed by atoms with Gasteiger partial charge in [0.15, 0.2) is 0 Å². The van der Waals surface area contributed by atoms with Gasteiger partial charge in [0.25, 0.3) is 0 Å². The highest BCUT2D eigenvalue weighted by Gasteiger charge is 2.83. The van der Waals surface area contributed by atoms with E-state index in [4.69, 9.17) is 15.0 Å². The Kier molecular flexibility index (Phi) is 6.01. The van der Waals surface area contributed by atoms with Crippen molar-refractivity contribution in [3.63, 3.8) is 0 Å². The number of hydrogen-bond donors (Lipinski definition) is 2. The molecule has 0 atom stereocenters. The van der Waals surface area contributed by atoms with Crippen molar-refractivity contribution in [1.82, 2.24) is 0 Å². The first-order valence-corrected chi connectivity index (χ1v) is 3.92. The minimum atomic E-state index is -6.87. The van der Waals surface area contributed by atoms with Gasteiger partial charge in [0.1, 0.15) is 0 Å². The second-order valence-electron chi connectivity index (χ2n) is 3.01. The molecule has 0 saturated carbocycles.